The number of benzene rings is 1. The van der Waals surface area contributed by atoms with Crippen LogP contribution in [0.1, 0.15) is 24.8 Å². The third kappa shape index (κ3) is 3.02. The van der Waals surface area contributed by atoms with Gasteiger partial charge in [-0.25, -0.2) is 4.79 Å². The molecular weight excluding hydrogens is 278 g/mol. The van der Waals surface area contributed by atoms with Gasteiger partial charge in [-0.15, -0.1) is 0 Å². The smallest absolute Gasteiger partial charge is 0.405 e. The molecule has 0 unspecified atom stereocenters. The molecule has 0 heterocycles. The fourth-order valence-corrected chi connectivity index (χ4v) is 2.26. The molecule has 0 radical (unpaired) electrons. The Labute approximate surface area is 120 Å². The zero-order valence-corrected chi connectivity index (χ0v) is 11.0. The van der Waals surface area contributed by atoms with Crippen LogP contribution in [-0.4, -0.2) is 28.3 Å². The summed E-state index contributed by atoms with van der Waals surface area (Å²) in [6, 6.07) is 5.86. The van der Waals surface area contributed by atoms with E-state index in [4.69, 9.17) is 15.1 Å². The second-order valence-electron chi connectivity index (χ2n) is 4.87. The summed E-state index contributed by atoms with van der Waals surface area (Å²) in [5.74, 6) is 0.0881. The first kappa shape index (κ1) is 14.6. The Balaban J connectivity index is 2.17. The molecule has 1 aliphatic rings. The van der Waals surface area contributed by atoms with Crippen LogP contribution in [0.15, 0.2) is 18.2 Å². The molecule has 1 amide bonds. The van der Waals surface area contributed by atoms with Crippen LogP contribution in [0.5, 0.6) is 5.75 Å². The molecule has 1 aromatic rings. The zero-order chi connectivity index (χ0) is 15.5. The van der Waals surface area contributed by atoms with Crippen LogP contribution in [0, 0.1) is 21.4 Å². The quantitative estimate of drug-likeness (QED) is 0.631. The molecule has 0 spiro atoms. The molecule has 2 rings (SSSR count). The van der Waals surface area contributed by atoms with Crippen molar-refractivity contribution in [1.29, 1.82) is 5.26 Å². The highest BCUT2D eigenvalue weighted by Gasteiger charge is 2.39. The van der Waals surface area contributed by atoms with Gasteiger partial charge in [0.15, 0.2) is 5.56 Å². The Kier molecular flexibility index (Phi) is 3.93. The number of carbonyl (C=O) groups is 1. The minimum absolute atomic E-state index is 0.0369. The molecule has 0 bridgehead atoms. The van der Waals surface area contributed by atoms with E-state index in [9.17, 15) is 14.9 Å². The SMILES string of the molecule is N#Cc1c(OCC2(NC(=O)O)CCC2)cccc1[N+](=O)[O-]. The van der Waals surface area contributed by atoms with Gasteiger partial charge < -0.3 is 15.2 Å². The second kappa shape index (κ2) is 5.66. The van der Waals surface area contributed by atoms with Gasteiger partial charge in [0.25, 0.3) is 5.69 Å². The molecule has 8 heteroatoms. The lowest BCUT2D eigenvalue weighted by atomic mass is 9.77. The van der Waals surface area contributed by atoms with E-state index in [1.165, 1.54) is 18.2 Å². The van der Waals surface area contributed by atoms with Crippen molar-refractivity contribution < 1.29 is 19.6 Å². The Bertz CT molecular complexity index is 619. The average Bonchev–Trinajstić information content (AvgIpc) is 2.40. The summed E-state index contributed by atoms with van der Waals surface area (Å²) in [7, 11) is 0. The van der Waals surface area contributed by atoms with E-state index < -0.39 is 16.6 Å². The van der Waals surface area contributed by atoms with E-state index in [0.717, 1.165) is 6.42 Å². The monoisotopic (exact) mass is 291 g/mol. The largest absolute Gasteiger partial charge is 0.489 e. The van der Waals surface area contributed by atoms with Crippen molar-refractivity contribution in [2.24, 2.45) is 0 Å². The number of hydrogen-bond donors (Lipinski definition) is 2. The molecule has 2 N–H and O–H groups in total. The van der Waals surface area contributed by atoms with E-state index in [1.54, 1.807) is 6.07 Å². The molecule has 0 atom stereocenters. The standard InChI is InChI=1S/C13H13N3O5/c14-7-9-10(16(19)20)3-1-4-11(9)21-8-13(5-2-6-13)15-12(17)18/h1,3-4,15H,2,5-6,8H2,(H,17,18). The van der Waals surface area contributed by atoms with Gasteiger partial charge in [0, 0.05) is 6.07 Å². The van der Waals surface area contributed by atoms with Crippen LogP contribution in [-0.2, 0) is 0 Å². The second-order valence-corrected chi connectivity index (χ2v) is 4.87. The fraction of sp³-hybridized carbons (Fsp3) is 0.385. The van der Waals surface area contributed by atoms with E-state index in [-0.39, 0.29) is 23.6 Å². The first-order chi connectivity index (χ1) is 9.97. The van der Waals surface area contributed by atoms with Crippen molar-refractivity contribution in [2.75, 3.05) is 6.61 Å². The summed E-state index contributed by atoms with van der Waals surface area (Å²) in [6.45, 7) is 0.0369. The summed E-state index contributed by atoms with van der Waals surface area (Å²) in [6.07, 6.45) is 1.01. The third-order valence-electron chi connectivity index (χ3n) is 3.50. The predicted molar refractivity (Wildman–Crippen MR) is 71.0 cm³/mol. The minimum atomic E-state index is -1.14. The first-order valence-electron chi connectivity index (χ1n) is 6.29. The maximum absolute atomic E-state index is 10.9. The molecular formula is C13H13N3O5. The Morgan fingerprint density at radius 3 is 2.76 bits per heavy atom. The number of amides is 1. The van der Waals surface area contributed by atoms with Crippen molar-refractivity contribution in [1.82, 2.24) is 5.32 Å². The number of ether oxygens (including phenoxy) is 1. The topological polar surface area (TPSA) is 125 Å². The highest BCUT2D eigenvalue weighted by Crippen LogP contribution is 2.34. The number of nitro groups is 1. The van der Waals surface area contributed by atoms with E-state index in [2.05, 4.69) is 5.32 Å². The molecule has 1 saturated carbocycles. The maximum Gasteiger partial charge on any atom is 0.405 e. The van der Waals surface area contributed by atoms with E-state index in [0.29, 0.717) is 12.8 Å². The van der Waals surface area contributed by atoms with Crippen LogP contribution >= 0.6 is 0 Å². The number of hydrogen-bond acceptors (Lipinski definition) is 5. The van der Waals surface area contributed by atoms with Crippen LogP contribution in [0.2, 0.25) is 0 Å². The summed E-state index contributed by atoms with van der Waals surface area (Å²) < 4.78 is 5.47. The lowest BCUT2D eigenvalue weighted by molar-refractivity contribution is -0.385. The molecule has 0 aliphatic heterocycles. The number of nitro benzene ring substituents is 1. The Morgan fingerprint density at radius 2 is 2.29 bits per heavy atom. The van der Waals surface area contributed by atoms with Gasteiger partial charge in [-0.2, -0.15) is 5.26 Å². The number of carboxylic acid groups (broad SMARTS) is 1. The summed E-state index contributed by atoms with van der Waals surface area (Å²) in [5.41, 5.74) is -1.17. The van der Waals surface area contributed by atoms with Gasteiger partial charge in [-0.1, -0.05) is 6.07 Å². The number of rotatable bonds is 5. The van der Waals surface area contributed by atoms with Gasteiger partial charge in [0.1, 0.15) is 18.4 Å². The molecule has 110 valence electrons. The van der Waals surface area contributed by atoms with Gasteiger partial charge >= 0.3 is 6.09 Å². The molecule has 0 saturated heterocycles. The zero-order valence-electron chi connectivity index (χ0n) is 11.0. The Hall–Kier alpha value is -2.82. The van der Waals surface area contributed by atoms with E-state index in [1.807, 2.05) is 0 Å². The van der Waals surface area contributed by atoms with E-state index >= 15 is 0 Å². The summed E-state index contributed by atoms with van der Waals surface area (Å²) in [4.78, 5) is 21.0. The van der Waals surface area contributed by atoms with Crippen molar-refractivity contribution in [2.45, 2.75) is 24.8 Å². The highest BCUT2D eigenvalue weighted by atomic mass is 16.6. The minimum Gasteiger partial charge on any atom is -0.489 e. The average molecular weight is 291 g/mol. The fourth-order valence-electron chi connectivity index (χ4n) is 2.26. The number of nitrogens with zero attached hydrogens (tertiary/aromatic N) is 2. The first-order valence-corrected chi connectivity index (χ1v) is 6.29. The van der Waals surface area contributed by atoms with Crippen LogP contribution in [0.3, 0.4) is 0 Å². The molecule has 21 heavy (non-hydrogen) atoms. The number of nitriles is 1. The predicted octanol–water partition coefficient (Wildman–Crippen LogP) is 2.04. The summed E-state index contributed by atoms with van der Waals surface area (Å²) in [5, 5.41) is 31.1. The van der Waals surface area contributed by atoms with Crippen LogP contribution < -0.4 is 10.1 Å². The van der Waals surface area contributed by atoms with Crippen molar-refractivity contribution in [3.63, 3.8) is 0 Å². The normalized spacial score (nSPS) is 15.4. The molecule has 8 nitrogen and oxygen atoms in total. The van der Waals surface area contributed by atoms with Crippen molar-refractivity contribution in [3.8, 4) is 11.8 Å². The van der Waals surface area contributed by atoms with Gasteiger partial charge in [0.2, 0.25) is 0 Å². The van der Waals surface area contributed by atoms with Gasteiger partial charge in [-0.05, 0) is 25.3 Å². The molecule has 1 aromatic carbocycles. The Morgan fingerprint density at radius 1 is 1.57 bits per heavy atom. The van der Waals surface area contributed by atoms with Gasteiger partial charge in [-0.3, -0.25) is 10.1 Å². The third-order valence-corrected chi connectivity index (χ3v) is 3.50. The molecule has 1 fully saturated rings. The van der Waals surface area contributed by atoms with Crippen molar-refractivity contribution >= 4 is 11.8 Å². The van der Waals surface area contributed by atoms with Crippen LogP contribution in [0.25, 0.3) is 0 Å². The maximum atomic E-state index is 10.9. The van der Waals surface area contributed by atoms with Crippen LogP contribution in [0.4, 0.5) is 10.5 Å². The number of nitrogens with one attached hydrogen (secondary N) is 1. The highest BCUT2D eigenvalue weighted by molar-refractivity contribution is 5.66. The lowest BCUT2D eigenvalue weighted by Gasteiger charge is -2.41. The van der Waals surface area contributed by atoms with Crippen molar-refractivity contribution in [3.05, 3.63) is 33.9 Å². The molecule has 0 aromatic heterocycles. The molecule has 1 aliphatic carbocycles. The summed E-state index contributed by atoms with van der Waals surface area (Å²) >= 11 is 0. The van der Waals surface area contributed by atoms with Gasteiger partial charge in [0.05, 0.1) is 10.5 Å². The lowest BCUT2D eigenvalue weighted by Crippen LogP contribution is -2.57.